The first kappa shape index (κ1) is 82.6. The van der Waals surface area contributed by atoms with Gasteiger partial charge in [0.05, 0.1) is 145 Å². The van der Waals surface area contributed by atoms with Gasteiger partial charge < -0.3 is 92.5 Å². The quantitative estimate of drug-likeness (QED) is 0.0182. The summed E-state index contributed by atoms with van der Waals surface area (Å²) in [5, 5.41) is 11.1. The molecule has 0 aromatic heterocycles. The molecule has 25 nitrogen and oxygen atoms in total. The van der Waals surface area contributed by atoms with Crippen LogP contribution < -0.4 is 49.7 Å². The minimum Gasteiger partial charge on any atom is -0.493 e. The van der Waals surface area contributed by atoms with E-state index >= 15 is 0 Å². The number of rotatable bonds is 51. The largest absolute Gasteiger partial charge is 0.493 e. The van der Waals surface area contributed by atoms with Crippen LogP contribution in [-0.4, -0.2) is 205 Å². The molecule has 0 spiro atoms. The van der Waals surface area contributed by atoms with Gasteiger partial charge in [-0.1, -0.05) is 65.0 Å². The van der Waals surface area contributed by atoms with Crippen LogP contribution in [0.15, 0.2) is 96.7 Å². The molecule has 4 unspecified atom stereocenters. The molecule has 0 saturated carbocycles. The Morgan fingerprint density at radius 1 is 0.647 bits per heavy atom. The summed E-state index contributed by atoms with van der Waals surface area (Å²) in [4.78, 5) is 71.8. The molecule has 0 aliphatic carbocycles. The molecule has 5 amide bonds. The Labute approximate surface area is 601 Å². The number of methoxy groups -OCH3 is 2. The van der Waals surface area contributed by atoms with Crippen LogP contribution in [0.2, 0.25) is 0 Å². The molecule has 4 aromatic carbocycles. The number of carbonyl (C=O) groups excluding carboxylic acids is 5. The van der Waals surface area contributed by atoms with Crippen LogP contribution in [0.1, 0.15) is 113 Å². The van der Waals surface area contributed by atoms with Crippen LogP contribution in [-0.2, 0) is 63.5 Å². The lowest BCUT2D eigenvalue weighted by Crippen LogP contribution is -2.53. The number of nitrogens with one attached hydrogen (secondary N) is 4. The zero-order valence-electron chi connectivity index (χ0n) is 61.3. The third kappa shape index (κ3) is 28.1. The molecule has 0 saturated heterocycles. The van der Waals surface area contributed by atoms with Crippen LogP contribution in [0.4, 0.5) is 11.4 Å². The topological polar surface area (TPSA) is 278 Å². The summed E-state index contributed by atoms with van der Waals surface area (Å²) in [6.45, 7) is 26.9. The maximum Gasteiger partial charge on any atom is 0.258 e. The molecule has 25 heteroatoms. The van der Waals surface area contributed by atoms with E-state index < -0.39 is 23.9 Å². The lowest BCUT2D eigenvalue weighted by molar-refractivity contribution is -0.132. The van der Waals surface area contributed by atoms with E-state index in [1.165, 1.54) is 12.7 Å². The molecule has 4 atom stereocenters. The molecule has 4 N–H and O–H groups in total. The molecule has 0 radical (unpaired) electrons. The van der Waals surface area contributed by atoms with Gasteiger partial charge in [-0.05, 0) is 128 Å². The highest BCUT2D eigenvalue weighted by atomic mass is 16.7. The molecule has 2 aliphatic rings. The van der Waals surface area contributed by atoms with E-state index in [1.54, 1.807) is 50.1 Å². The zero-order chi connectivity index (χ0) is 73.4. The van der Waals surface area contributed by atoms with Gasteiger partial charge in [-0.2, -0.15) is 0 Å². The molecule has 2 aliphatic heterocycles. The number of ether oxygens (including phenoxy) is 14. The van der Waals surface area contributed by atoms with Gasteiger partial charge in [-0.3, -0.25) is 29.0 Å². The summed E-state index contributed by atoms with van der Waals surface area (Å²) in [6, 6.07) is 18.5. The number of aliphatic imine (C=N–C) groups is 1. The van der Waals surface area contributed by atoms with Gasteiger partial charge in [0.2, 0.25) is 30.4 Å². The van der Waals surface area contributed by atoms with Crippen molar-refractivity contribution in [2.45, 2.75) is 112 Å². The van der Waals surface area contributed by atoms with Crippen molar-refractivity contribution in [2.24, 2.45) is 16.8 Å². The second kappa shape index (κ2) is 46.3. The predicted octanol–water partition coefficient (Wildman–Crippen LogP) is 10.1. The normalized spacial score (nSPS) is 14.3. The molecule has 560 valence electrons. The highest BCUT2D eigenvalue weighted by molar-refractivity contribution is 6.00. The average Bonchev–Trinajstić information content (AvgIpc) is 1.57. The maximum absolute atomic E-state index is 14.4. The van der Waals surface area contributed by atoms with Gasteiger partial charge >= 0.3 is 0 Å². The van der Waals surface area contributed by atoms with Crippen LogP contribution >= 0.6 is 0 Å². The second-order valence-electron chi connectivity index (χ2n) is 24.5. The molecular weight excluding hydrogens is 1310 g/mol. The summed E-state index contributed by atoms with van der Waals surface area (Å²) >= 11 is 0. The van der Waals surface area contributed by atoms with Crippen molar-refractivity contribution < 1.29 is 90.3 Å². The van der Waals surface area contributed by atoms with Crippen LogP contribution in [0, 0.1) is 18.8 Å². The minimum atomic E-state index is -0.933. The van der Waals surface area contributed by atoms with Gasteiger partial charge in [-0.15, -0.1) is 6.58 Å². The molecule has 6 rings (SSSR count). The molecule has 4 aromatic rings. The number of benzene rings is 4. The van der Waals surface area contributed by atoms with Gasteiger partial charge in [0.15, 0.2) is 34.5 Å². The smallest absolute Gasteiger partial charge is 0.258 e. The van der Waals surface area contributed by atoms with Crippen molar-refractivity contribution in [3.8, 4) is 34.5 Å². The summed E-state index contributed by atoms with van der Waals surface area (Å²) in [5.74, 6) is 1.95. The third-order valence-electron chi connectivity index (χ3n) is 16.5. The number of fused-ring (bicyclic) bond motifs is 1. The minimum absolute atomic E-state index is 0.00604. The Balaban J connectivity index is 0.837. The number of hydrogen-bond acceptors (Lipinski definition) is 20. The summed E-state index contributed by atoms with van der Waals surface area (Å²) < 4.78 is 79.2. The highest BCUT2D eigenvalue weighted by Gasteiger charge is 2.31. The van der Waals surface area contributed by atoms with Crippen molar-refractivity contribution in [1.82, 2.24) is 20.9 Å². The van der Waals surface area contributed by atoms with Crippen molar-refractivity contribution in [1.29, 1.82) is 0 Å². The number of carbonyl (C=O) groups is 5. The van der Waals surface area contributed by atoms with Crippen LogP contribution in [0.25, 0.3) is 11.1 Å². The number of allylic oxidation sites excluding steroid dienone is 2. The molecule has 0 bridgehead atoms. The van der Waals surface area contributed by atoms with E-state index in [-0.39, 0.29) is 62.0 Å². The number of amides is 5. The molecular formula is C77H108N6O19. The first-order valence-corrected chi connectivity index (χ1v) is 35.3. The van der Waals surface area contributed by atoms with Gasteiger partial charge in [0.25, 0.3) is 5.91 Å². The fourth-order valence-corrected chi connectivity index (χ4v) is 10.7. The van der Waals surface area contributed by atoms with Gasteiger partial charge in [0, 0.05) is 55.5 Å². The first-order chi connectivity index (χ1) is 49.5. The van der Waals surface area contributed by atoms with E-state index in [2.05, 4.69) is 53.8 Å². The highest BCUT2D eigenvalue weighted by Crippen LogP contribution is 2.39. The predicted molar refractivity (Wildman–Crippen MR) is 391 cm³/mol. The number of nitrogens with zero attached hydrogens (tertiary/aromatic N) is 2. The SMILES string of the molecule is C=CC1CC(c2ccc(NC(=O)C(C)NC(=O)C(NC(=O)CCOCCOCCOCCOCCOCCOCCOCCOCCNC(=O)CC)C(C)C)cc2)=CN1C(=O)c1cc(OC)c(OCCCOc2cc(/N=C\C(C)C/C(=C\C)c3ccc4c(c3)OCO4)c(CC)cc2OC)cc1C. The van der Waals surface area contributed by atoms with Gasteiger partial charge in [-0.25, -0.2) is 0 Å². The van der Waals surface area contributed by atoms with Crippen molar-refractivity contribution in [2.75, 3.05) is 152 Å². The number of aryl methyl sites for hydroxylation is 2. The Kier molecular flexibility index (Phi) is 37.4. The van der Waals surface area contributed by atoms with Crippen LogP contribution in [0.5, 0.6) is 34.5 Å². The van der Waals surface area contributed by atoms with Crippen molar-refractivity contribution >= 4 is 58.3 Å². The monoisotopic (exact) mass is 1420 g/mol. The standard InChI is InChI=1S/C77H108N6O19/c1-12-57(60-19-22-66-70(47-60)102-52-101-66)43-54(7)50-79-65-49-71(67(89-10)46-58(65)13-2)100-26-16-25-99-69-44-55(8)64(48-68(69)90-11)77(88)83-51-61(45-63(83)14-3)59-17-20-62(21-18-59)81-75(86)56(9)80-76(87)74(53(5)6)82-73(85)23-27-91-29-31-93-33-35-95-37-39-97-41-42-98-40-38-96-36-34-94-32-30-92-28-24-78-72(84)15-4/h12,14,17-22,44,46-51,53-54,56,63,74H,3,13,15-16,23-43,45,52H2,1-2,4-11H3,(H,78,84)(H,80,87)(H,81,86)(H,82,85)/b57-12+,79-50-. The molecule has 102 heavy (non-hydrogen) atoms. The zero-order valence-corrected chi connectivity index (χ0v) is 61.3. The van der Waals surface area contributed by atoms with E-state index in [0.29, 0.717) is 171 Å². The van der Waals surface area contributed by atoms with Crippen molar-refractivity contribution in [3.05, 3.63) is 119 Å². The van der Waals surface area contributed by atoms with E-state index in [0.717, 1.165) is 52.3 Å². The lowest BCUT2D eigenvalue weighted by Gasteiger charge is -2.24. The Morgan fingerprint density at radius 2 is 1.22 bits per heavy atom. The second-order valence-corrected chi connectivity index (χ2v) is 24.5. The average molecular weight is 1420 g/mol. The van der Waals surface area contributed by atoms with Crippen molar-refractivity contribution in [3.63, 3.8) is 0 Å². The summed E-state index contributed by atoms with van der Waals surface area (Å²) in [7, 11) is 3.16. The third-order valence-corrected chi connectivity index (χ3v) is 16.5. The summed E-state index contributed by atoms with van der Waals surface area (Å²) in [6.07, 6.45) is 10.8. The fourth-order valence-electron chi connectivity index (χ4n) is 10.7. The Hall–Kier alpha value is -8.40. The summed E-state index contributed by atoms with van der Waals surface area (Å²) in [5.41, 5.74) is 7.54. The van der Waals surface area contributed by atoms with Gasteiger partial charge in [0.1, 0.15) is 12.1 Å². The molecule has 2 heterocycles. The number of anilines is 1. The number of hydrogen-bond donors (Lipinski definition) is 4. The van der Waals surface area contributed by atoms with E-state index in [9.17, 15) is 24.0 Å². The lowest BCUT2D eigenvalue weighted by atomic mass is 9.95. The van der Waals surface area contributed by atoms with E-state index in [4.69, 9.17) is 71.3 Å². The van der Waals surface area contributed by atoms with E-state index in [1.807, 2.05) is 82.6 Å². The Morgan fingerprint density at radius 3 is 1.77 bits per heavy atom. The fraction of sp³-hybridized carbons (Fsp3) is 0.532. The maximum atomic E-state index is 14.4. The molecule has 0 fully saturated rings. The Bertz CT molecular complexity index is 3360. The van der Waals surface area contributed by atoms with Crippen LogP contribution in [0.3, 0.4) is 0 Å². The first-order valence-electron chi connectivity index (χ1n) is 35.3.